The third kappa shape index (κ3) is 18.8. The van der Waals surface area contributed by atoms with Gasteiger partial charge in [0.2, 0.25) is 5.91 Å². The zero-order chi connectivity index (χ0) is 65.1. The van der Waals surface area contributed by atoms with E-state index in [9.17, 15) is 22.8 Å². The lowest BCUT2D eigenvalue weighted by molar-refractivity contribution is -0.403. The molecule has 11 rings (SSSR count). The fraction of sp³-hybridized carbons (Fsp3) is 0.397. The maximum Gasteiger partial charge on any atom is 0.471 e. The topological polar surface area (TPSA) is 187 Å². The minimum atomic E-state index is -5.15. The van der Waals surface area contributed by atoms with Crippen LogP contribution >= 0.6 is 0 Å². The van der Waals surface area contributed by atoms with Crippen molar-refractivity contribution in [2.24, 2.45) is 0 Å². The predicted molar refractivity (Wildman–Crippen MR) is 335 cm³/mol. The van der Waals surface area contributed by atoms with E-state index in [2.05, 4.69) is 5.32 Å². The first kappa shape index (κ1) is 68.1. The van der Waals surface area contributed by atoms with Crippen molar-refractivity contribution in [3.8, 4) is 0 Å². The number of halogens is 3. The molecule has 0 spiro atoms. The maximum atomic E-state index is 13.7. The molecular formula is C73H79F3N2O16. The van der Waals surface area contributed by atoms with Crippen molar-refractivity contribution in [1.82, 2.24) is 10.6 Å². The molecular weight excluding hydrogens is 1220 g/mol. The highest BCUT2D eigenvalue weighted by Crippen LogP contribution is 2.41. The van der Waals surface area contributed by atoms with E-state index in [1.54, 1.807) is 0 Å². The van der Waals surface area contributed by atoms with E-state index in [4.69, 9.17) is 66.3 Å². The van der Waals surface area contributed by atoms with Gasteiger partial charge in [-0.1, -0.05) is 212 Å². The molecule has 2 N–H and O–H groups in total. The second-order valence-electron chi connectivity index (χ2n) is 23.3. The highest BCUT2D eigenvalue weighted by Gasteiger charge is 2.58. The van der Waals surface area contributed by atoms with Gasteiger partial charge in [-0.25, -0.2) is 0 Å². The third-order valence-electron chi connectivity index (χ3n) is 16.4. The first-order chi connectivity index (χ1) is 45.9. The molecule has 0 saturated carbocycles. The summed E-state index contributed by atoms with van der Waals surface area (Å²) in [4.78, 5) is 25.7. The van der Waals surface area contributed by atoms with Gasteiger partial charge in [0.1, 0.15) is 67.1 Å². The molecule has 94 heavy (non-hydrogen) atoms. The molecule has 0 aromatic heterocycles. The van der Waals surface area contributed by atoms with Crippen LogP contribution in [0.4, 0.5) is 13.2 Å². The molecule has 4 aliphatic rings. The van der Waals surface area contributed by atoms with Crippen molar-refractivity contribution in [3.05, 3.63) is 251 Å². The molecule has 16 atom stereocenters. The normalized spacial score (nSPS) is 27.8. The van der Waals surface area contributed by atoms with Crippen LogP contribution in [0.3, 0.4) is 0 Å². The van der Waals surface area contributed by atoms with Gasteiger partial charge in [-0.05, 0) is 40.3 Å². The molecule has 0 aliphatic carbocycles. The van der Waals surface area contributed by atoms with Crippen molar-refractivity contribution < 1.29 is 89.1 Å². The number of fused-ring (bicyclic) bond motifs is 1. The highest BCUT2D eigenvalue weighted by atomic mass is 19.4. The first-order valence-electron chi connectivity index (χ1n) is 31.6. The number of hydrogen-bond acceptors (Lipinski definition) is 16. The van der Waals surface area contributed by atoms with Crippen molar-refractivity contribution in [2.75, 3.05) is 26.4 Å². The summed E-state index contributed by atoms with van der Waals surface area (Å²) >= 11 is 0. The van der Waals surface area contributed by atoms with Crippen molar-refractivity contribution in [1.29, 1.82) is 0 Å². The number of ether oxygens (including phenoxy) is 14. The van der Waals surface area contributed by atoms with Crippen LogP contribution in [0.5, 0.6) is 0 Å². The van der Waals surface area contributed by atoms with Crippen LogP contribution in [0, 0.1) is 0 Å². The van der Waals surface area contributed by atoms with E-state index in [0.717, 1.165) is 33.4 Å². The van der Waals surface area contributed by atoms with E-state index in [-0.39, 0.29) is 52.9 Å². The van der Waals surface area contributed by atoms with Gasteiger partial charge in [-0.3, -0.25) is 9.59 Å². The Labute approximate surface area is 545 Å². The minimum Gasteiger partial charge on any atom is -0.374 e. The molecule has 2 amide bonds. The Balaban J connectivity index is 1.03. The van der Waals surface area contributed by atoms with E-state index < -0.39 is 129 Å². The molecule has 4 saturated heterocycles. The summed E-state index contributed by atoms with van der Waals surface area (Å²) in [5.41, 5.74) is 5.89. The molecule has 18 nitrogen and oxygen atoms in total. The first-order valence-corrected chi connectivity index (χ1v) is 31.6. The van der Waals surface area contributed by atoms with Gasteiger partial charge in [0.05, 0.1) is 65.6 Å². The second-order valence-corrected chi connectivity index (χ2v) is 23.3. The van der Waals surface area contributed by atoms with Gasteiger partial charge in [0.15, 0.2) is 25.2 Å². The monoisotopic (exact) mass is 1300 g/mol. The van der Waals surface area contributed by atoms with Gasteiger partial charge in [0, 0.05) is 19.0 Å². The lowest BCUT2D eigenvalue weighted by atomic mass is 9.93. The number of alkyl halides is 3. The average molecular weight is 1300 g/mol. The number of nitrogens with one attached hydrogen (secondary N) is 2. The Hall–Kier alpha value is -7.29. The smallest absolute Gasteiger partial charge is 0.374 e. The molecule has 0 bridgehead atoms. The number of carbonyl (C=O) groups excluding carboxylic acids is 2. The number of carbonyl (C=O) groups is 2. The van der Waals surface area contributed by atoms with Crippen LogP contribution < -0.4 is 10.6 Å². The molecule has 0 radical (unpaired) electrons. The Morgan fingerprint density at radius 3 is 1.38 bits per heavy atom. The highest BCUT2D eigenvalue weighted by molar-refractivity contribution is 5.81. The number of rotatable bonds is 29. The van der Waals surface area contributed by atoms with Gasteiger partial charge < -0.3 is 76.9 Å². The summed E-state index contributed by atoms with van der Waals surface area (Å²) < 4.78 is 138. The zero-order valence-electron chi connectivity index (χ0n) is 52.2. The summed E-state index contributed by atoms with van der Waals surface area (Å²) in [6.07, 6.45) is -21.8. The summed E-state index contributed by atoms with van der Waals surface area (Å²) in [6.45, 7) is 2.70. The molecule has 4 aliphatic heterocycles. The van der Waals surface area contributed by atoms with E-state index >= 15 is 0 Å². The summed E-state index contributed by atoms with van der Waals surface area (Å²) in [7, 11) is 0. The van der Waals surface area contributed by atoms with E-state index in [1.165, 1.54) is 6.92 Å². The van der Waals surface area contributed by atoms with Crippen molar-refractivity contribution in [2.45, 2.75) is 158 Å². The van der Waals surface area contributed by atoms with Crippen LogP contribution in [-0.4, -0.2) is 136 Å². The maximum absolute atomic E-state index is 13.7. The van der Waals surface area contributed by atoms with Crippen molar-refractivity contribution >= 4 is 11.8 Å². The Morgan fingerprint density at radius 2 is 0.894 bits per heavy atom. The van der Waals surface area contributed by atoms with E-state index in [1.807, 2.05) is 225 Å². The van der Waals surface area contributed by atoms with Gasteiger partial charge in [-0.2, -0.15) is 13.2 Å². The quantitative estimate of drug-likeness (QED) is 0.0421. The third-order valence-corrected chi connectivity index (χ3v) is 16.4. The predicted octanol–water partition coefficient (Wildman–Crippen LogP) is 10.4. The molecule has 7 aromatic rings. The largest absolute Gasteiger partial charge is 0.471 e. The van der Waals surface area contributed by atoms with E-state index in [0.29, 0.717) is 5.56 Å². The molecule has 4 fully saturated rings. The van der Waals surface area contributed by atoms with Crippen molar-refractivity contribution in [3.63, 3.8) is 0 Å². The minimum absolute atomic E-state index is 0.0332. The molecule has 21 heteroatoms. The standard InChI is InChI=1S/C73H79F3N2O16/c1-48-60(83-41-51-26-12-4-13-27-51)64(85-43-53-30-16-6-17-31-53)66(87-45-55-34-20-8-21-35-55)70(89-48)94-67-65(86-44-54-32-18-7-19-33-54)61(84-42-52-28-14-5-15-29-52)57(46-81-40-50-24-10-3-11-25-50)91-71(67)93-63-59(78-49(2)79)69(82-39-38-77-72(80)73(74,75)76)90-58-47-88-68(92-62(58)63)56-36-22-9-23-37-56/h3-37,48,57-71H,38-47H2,1-2H3,(H,77,80)(H,78,79)/t48-,57+,58+,59+,60+,61-,62+,63+,64+,65-,66-,67+,68?,69+,70-,71-/m0/s1. The number of benzene rings is 7. The lowest BCUT2D eigenvalue weighted by Gasteiger charge is -2.53. The van der Waals surface area contributed by atoms with Crippen LogP contribution in [0.2, 0.25) is 0 Å². The van der Waals surface area contributed by atoms with Gasteiger partial charge >= 0.3 is 12.1 Å². The van der Waals surface area contributed by atoms with Crippen LogP contribution in [-0.2, 0) is 116 Å². The van der Waals surface area contributed by atoms with Crippen LogP contribution in [0.25, 0.3) is 0 Å². The number of amides is 2. The summed E-state index contributed by atoms with van der Waals surface area (Å²) in [6, 6.07) is 66.1. The fourth-order valence-corrected chi connectivity index (χ4v) is 11.8. The zero-order valence-corrected chi connectivity index (χ0v) is 52.2. The summed E-state index contributed by atoms with van der Waals surface area (Å²) in [5, 5.41) is 4.79. The molecule has 1 unspecified atom stereocenters. The number of hydrogen-bond donors (Lipinski definition) is 2. The molecule has 4 heterocycles. The molecule has 498 valence electrons. The SMILES string of the molecule is CC(=O)N[C@H]1[C@H](OCCNC(=O)C(F)(F)F)O[C@@H]2COC(c3ccccc3)O[C@H]2[C@@H]1O[C@@H]1O[C@H](COCc2ccccc2)[C@H](OCc2ccccc2)[C@H](OCc2ccccc2)[C@H]1O[C@@H]1O[C@@H](C)[C@@H](OCc2ccccc2)[C@@H](OCc2ccccc2)[C@@H]1OCc1ccccc1. The van der Waals surface area contributed by atoms with Gasteiger partial charge in [0.25, 0.3) is 0 Å². The summed E-state index contributed by atoms with van der Waals surface area (Å²) in [5.74, 6) is -2.71. The Bertz CT molecular complexity index is 3360. The van der Waals surface area contributed by atoms with Gasteiger partial charge in [-0.15, -0.1) is 0 Å². The van der Waals surface area contributed by atoms with Crippen LogP contribution in [0.1, 0.15) is 59.1 Å². The Kier molecular flexibility index (Phi) is 24.6. The average Bonchev–Trinajstić information content (AvgIpc) is 0.764. The molecule has 7 aromatic carbocycles. The lowest BCUT2D eigenvalue weighted by Crippen LogP contribution is -2.70. The van der Waals surface area contributed by atoms with Crippen LogP contribution in [0.15, 0.2) is 212 Å². The Morgan fingerprint density at radius 1 is 0.468 bits per heavy atom. The fourth-order valence-electron chi connectivity index (χ4n) is 11.8. The second kappa shape index (κ2) is 33.9.